The Kier molecular flexibility index (Phi) is 6.40. The second kappa shape index (κ2) is 9.56. The maximum Gasteiger partial charge on any atom is 0.265 e. The van der Waals surface area contributed by atoms with E-state index in [4.69, 9.17) is 10.00 Å². The van der Waals surface area contributed by atoms with Crippen LogP contribution in [-0.2, 0) is 11.3 Å². The van der Waals surface area contributed by atoms with E-state index in [0.717, 1.165) is 24.2 Å². The Bertz CT molecular complexity index is 1250. The molecule has 3 aromatic rings. The summed E-state index contributed by atoms with van der Waals surface area (Å²) in [6.07, 6.45) is 2.97. The number of ether oxygens (including phenoxy) is 1. The molecule has 8 heteroatoms. The first-order valence-corrected chi connectivity index (χ1v) is 10.4. The molecule has 1 saturated heterocycles. The third-order valence-corrected chi connectivity index (χ3v) is 5.49. The number of hydrogen-bond acceptors (Lipinski definition) is 6. The highest BCUT2D eigenvalue weighted by Gasteiger charge is 2.18. The highest BCUT2D eigenvalue weighted by Crippen LogP contribution is 2.23. The van der Waals surface area contributed by atoms with Gasteiger partial charge in [-0.25, -0.2) is 4.98 Å². The van der Waals surface area contributed by atoms with Crippen molar-refractivity contribution in [2.24, 2.45) is 0 Å². The second-order valence-corrected chi connectivity index (χ2v) is 7.47. The number of rotatable bonds is 6. The Hall–Kier alpha value is -3.80. The molecule has 32 heavy (non-hydrogen) atoms. The van der Waals surface area contributed by atoms with Gasteiger partial charge in [-0.05, 0) is 36.0 Å². The third kappa shape index (κ3) is 4.44. The Labute approximate surface area is 185 Å². The normalized spacial score (nSPS) is 14.1. The molecule has 3 heterocycles. The van der Waals surface area contributed by atoms with Crippen LogP contribution in [0.1, 0.15) is 15.9 Å². The minimum absolute atomic E-state index is 0.0400. The molecular weight excluding hydrogens is 406 g/mol. The molecule has 0 spiro atoms. The van der Waals surface area contributed by atoms with Crippen LogP contribution in [0.2, 0.25) is 0 Å². The van der Waals surface area contributed by atoms with Gasteiger partial charge in [0.25, 0.3) is 11.5 Å². The van der Waals surface area contributed by atoms with Gasteiger partial charge in [0.1, 0.15) is 11.2 Å². The summed E-state index contributed by atoms with van der Waals surface area (Å²) in [5, 5.41) is 12.2. The fourth-order valence-electron chi connectivity index (χ4n) is 3.77. The number of carbonyl (C=O) groups excluding carboxylic acids is 1. The lowest BCUT2D eigenvalue weighted by Gasteiger charge is -2.27. The van der Waals surface area contributed by atoms with Gasteiger partial charge < -0.3 is 10.1 Å². The lowest BCUT2D eigenvalue weighted by Crippen LogP contribution is -2.40. The van der Waals surface area contributed by atoms with Crippen molar-refractivity contribution in [2.75, 3.05) is 32.8 Å². The van der Waals surface area contributed by atoms with Gasteiger partial charge >= 0.3 is 0 Å². The van der Waals surface area contributed by atoms with Gasteiger partial charge in [-0.2, -0.15) is 5.26 Å². The van der Waals surface area contributed by atoms with E-state index in [1.54, 1.807) is 29.0 Å². The van der Waals surface area contributed by atoms with Crippen molar-refractivity contribution in [3.05, 3.63) is 76.9 Å². The number of nitrogens with one attached hydrogen (secondary N) is 1. The van der Waals surface area contributed by atoms with E-state index in [9.17, 15) is 9.59 Å². The summed E-state index contributed by atoms with van der Waals surface area (Å²) in [5.41, 5.74) is 2.47. The summed E-state index contributed by atoms with van der Waals surface area (Å²) >= 11 is 0. The zero-order valence-corrected chi connectivity index (χ0v) is 17.6. The van der Waals surface area contributed by atoms with Gasteiger partial charge in [0.05, 0.1) is 24.8 Å². The molecule has 1 aromatic carbocycles. The molecule has 4 rings (SSSR count). The standard InChI is InChI=1S/C24H23N5O3/c1-2-26-23(30)21-14-19-13-20(18-5-3-17(15-25)4-6-18)16-27-22(19)29(24(21)31)8-7-28-9-11-32-12-10-28/h2-6,13-14,16H,1,7-12H2,(H,26,30). The number of nitrogens with zero attached hydrogens (tertiary/aromatic N) is 4. The number of fused-ring (bicyclic) bond motifs is 1. The fraction of sp³-hybridized carbons (Fsp3) is 0.250. The Morgan fingerprint density at radius 3 is 2.62 bits per heavy atom. The summed E-state index contributed by atoms with van der Waals surface area (Å²) in [4.78, 5) is 32.5. The van der Waals surface area contributed by atoms with Crippen LogP contribution < -0.4 is 10.9 Å². The molecule has 1 fully saturated rings. The fourth-order valence-corrected chi connectivity index (χ4v) is 3.77. The molecule has 0 bridgehead atoms. The summed E-state index contributed by atoms with van der Waals surface area (Å²) < 4.78 is 6.95. The molecule has 2 aromatic heterocycles. The number of benzene rings is 1. The summed E-state index contributed by atoms with van der Waals surface area (Å²) in [7, 11) is 0. The molecule has 162 valence electrons. The zero-order valence-electron chi connectivity index (χ0n) is 17.6. The highest BCUT2D eigenvalue weighted by molar-refractivity contribution is 5.97. The first-order chi connectivity index (χ1) is 15.6. The summed E-state index contributed by atoms with van der Waals surface area (Å²) in [5.74, 6) is -0.504. The van der Waals surface area contributed by atoms with Crippen LogP contribution in [0.15, 0.2) is 60.2 Å². The molecule has 1 aliphatic rings. The third-order valence-electron chi connectivity index (χ3n) is 5.49. The van der Waals surface area contributed by atoms with E-state index >= 15 is 0 Å². The van der Waals surface area contributed by atoms with E-state index < -0.39 is 5.91 Å². The largest absolute Gasteiger partial charge is 0.379 e. The van der Waals surface area contributed by atoms with Crippen LogP contribution in [0.3, 0.4) is 0 Å². The van der Waals surface area contributed by atoms with Gasteiger partial charge in [0.2, 0.25) is 0 Å². The van der Waals surface area contributed by atoms with Crippen LogP contribution >= 0.6 is 0 Å². The van der Waals surface area contributed by atoms with E-state index in [1.807, 2.05) is 18.2 Å². The van der Waals surface area contributed by atoms with Crippen LogP contribution in [0.5, 0.6) is 0 Å². The molecule has 1 aliphatic heterocycles. The van der Waals surface area contributed by atoms with Crippen molar-refractivity contribution in [3.63, 3.8) is 0 Å². The number of hydrogen-bond donors (Lipinski definition) is 1. The summed E-state index contributed by atoms with van der Waals surface area (Å²) in [6.45, 7) is 7.53. The minimum Gasteiger partial charge on any atom is -0.379 e. The topological polar surface area (TPSA) is 100 Å². The maximum atomic E-state index is 13.2. The molecular formula is C24H23N5O3. The van der Waals surface area contributed by atoms with Gasteiger partial charge in [-0.1, -0.05) is 18.7 Å². The van der Waals surface area contributed by atoms with Crippen molar-refractivity contribution in [1.82, 2.24) is 19.8 Å². The molecule has 0 atom stereocenters. The second-order valence-electron chi connectivity index (χ2n) is 7.47. The Morgan fingerprint density at radius 2 is 1.94 bits per heavy atom. The van der Waals surface area contributed by atoms with E-state index in [-0.39, 0.29) is 11.1 Å². The first-order valence-electron chi connectivity index (χ1n) is 10.4. The lowest BCUT2D eigenvalue weighted by molar-refractivity contribution is 0.0364. The van der Waals surface area contributed by atoms with Crippen LogP contribution in [-0.4, -0.2) is 53.2 Å². The number of pyridine rings is 2. The van der Waals surface area contributed by atoms with E-state index in [1.165, 1.54) is 6.20 Å². The van der Waals surface area contributed by atoms with Crippen LogP contribution in [0.25, 0.3) is 22.2 Å². The van der Waals surface area contributed by atoms with Gasteiger partial charge in [0, 0.05) is 43.3 Å². The number of carbonyl (C=O) groups is 1. The van der Waals surface area contributed by atoms with Crippen molar-refractivity contribution in [3.8, 4) is 17.2 Å². The number of morpholine rings is 1. The molecule has 0 radical (unpaired) electrons. The minimum atomic E-state index is -0.504. The van der Waals surface area contributed by atoms with Crippen molar-refractivity contribution in [2.45, 2.75) is 6.54 Å². The zero-order chi connectivity index (χ0) is 22.5. The SMILES string of the molecule is C=CNC(=O)c1cc2cc(-c3ccc(C#N)cc3)cnc2n(CCN2CCOCC2)c1=O. The van der Waals surface area contributed by atoms with Gasteiger partial charge in [-0.15, -0.1) is 0 Å². The molecule has 1 N–H and O–H groups in total. The highest BCUT2D eigenvalue weighted by atomic mass is 16.5. The Balaban J connectivity index is 1.77. The molecule has 0 saturated carbocycles. The summed E-state index contributed by atoms with van der Waals surface area (Å²) in [6, 6.07) is 12.8. The number of nitriles is 1. The first kappa shape index (κ1) is 21.4. The van der Waals surface area contributed by atoms with E-state index in [2.05, 4.69) is 27.8 Å². The molecule has 1 amide bonds. The quantitative estimate of drug-likeness (QED) is 0.644. The number of amides is 1. The van der Waals surface area contributed by atoms with Crippen LogP contribution in [0, 0.1) is 11.3 Å². The smallest absolute Gasteiger partial charge is 0.265 e. The average molecular weight is 429 g/mol. The number of aromatic nitrogens is 2. The lowest BCUT2D eigenvalue weighted by atomic mass is 10.0. The predicted octanol–water partition coefficient (Wildman–Crippen LogP) is 2.14. The molecule has 0 aliphatic carbocycles. The molecule has 0 unspecified atom stereocenters. The Morgan fingerprint density at radius 1 is 1.19 bits per heavy atom. The van der Waals surface area contributed by atoms with E-state index in [0.29, 0.717) is 42.9 Å². The van der Waals surface area contributed by atoms with Gasteiger partial charge in [-0.3, -0.25) is 19.1 Å². The molecule has 8 nitrogen and oxygen atoms in total. The van der Waals surface area contributed by atoms with Gasteiger partial charge in [0.15, 0.2) is 0 Å². The van der Waals surface area contributed by atoms with Crippen molar-refractivity contribution < 1.29 is 9.53 Å². The maximum absolute atomic E-state index is 13.2. The monoisotopic (exact) mass is 429 g/mol. The average Bonchev–Trinajstić information content (AvgIpc) is 2.83. The van der Waals surface area contributed by atoms with Crippen molar-refractivity contribution >= 4 is 16.9 Å². The van der Waals surface area contributed by atoms with Crippen LogP contribution in [0.4, 0.5) is 0 Å². The predicted molar refractivity (Wildman–Crippen MR) is 121 cm³/mol. The van der Waals surface area contributed by atoms with Crippen molar-refractivity contribution in [1.29, 1.82) is 5.26 Å².